The molecule has 0 saturated carbocycles. The Morgan fingerprint density at radius 1 is 1.06 bits per heavy atom. The molecule has 10 nitrogen and oxygen atoms in total. The van der Waals surface area contributed by atoms with Crippen LogP contribution >= 0.6 is 0 Å². The molecule has 10 heteroatoms. The summed E-state index contributed by atoms with van der Waals surface area (Å²) < 4.78 is 10.8. The molecular formula is C23H24O10. The van der Waals surface area contributed by atoms with E-state index in [4.69, 9.17) is 9.47 Å². The van der Waals surface area contributed by atoms with Crippen molar-refractivity contribution < 1.29 is 49.7 Å². The van der Waals surface area contributed by atoms with Gasteiger partial charge >= 0.3 is 5.97 Å². The Labute approximate surface area is 188 Å². The Hall–Kier alpha value is -3.44. The summed E-state index contributed by atoms with van der Waals surface area (Å²) in [6.45, 7) is 0.320. The molecule has 0 bridgehead atoms. The zero-order valence-corrected chi connectivity index (χ0v) is 17.5. The zero-order chi connectivity index (χ0) is 24.3. The van der Waals surface area contributed by atoms with E-state index >= 15 is 0 Å². The number of phenolic OH excluding ortho intramolecular Hbond substituents is 3. The molecule has 0 spiro atoms. The van der Waals surface area contributed by atoms with Gasteiger partial charge < -0.3 is 40.1 Å². The Morgan fingerprint density at radius 2 is 1.73 bits per heavy atom. The first-order valence-electron chi connectivity index (χ1n) is 10.0. The van der Waals surface area contributed by atoms with Gasteiger partial charge in [-0.15, -0.1) is 0 Å². The van der Waals surface area contributed by atoms with Crippen molar-refractivity contribution in [2.24, 2.45) is 0 Å². The molecule has 0 aromatic heterocycles. The van der Waals surface area contributed by atoms with Gasteiger partial charge in [0.2, 0.25) is 0 Å². The van der Waals surface area contributed by atoms with Crippen LogP contribution in [-0.2, 0) is 14.3 Å². The minimum atomic E-state index is -1.79. The fraction of sp³-hybridized carbons (Fsp3) is 0.304. The van der Waals surface area contributed by atoms with Gasteiger partial charge in [0, 0.05) is 12.1 Å². The minimum absolute atomic E-state index is 0.466. The number of ketones is 1. The van der Waals surface area contributed by atoms with Crippen LogP contribution in [0.2, 0.25) is 0 Å². The summed E-state index contributed by atoms with van der Waals surface area (Å²) in [6.07, 6.45) is -5.57. The highest BCUT2D eigenvalue weighted by molar-refractivity contribution is 6.00. The molecule has 2 aromatic rings. The van der Waals surface area contributed by atoms with E-state index in [1.807, 2.05) is 0 Å². The van der Waals surface area contributed by atoms with Gasteiger partial charge in [-0.2, -0.15) is 0 Å². The molecule has 1 aliphatic heterocycles. The van der Waals surface area contributed by atoms with Gasteiger partial charge in [-0.25, -0.2) is 4.79 Å². The SMILES string of the molecule is CC(=O)c1c(O)cc(O)c([C@H]2O[C@@H](CO)[C@@H](O)[C@H](O)[C@H]2OC(=O)/C=C/c2ccccc2)c1O. The Bertz CT molecular complexity index is 1050. The van der Waals surface area contributed by atoms with Crippen LogP contribution in [0.25, 0.3) is 6.08 Å². The molecule has 176 valence electrons. The normalized spacial score (nSPS) is 25.2. The molecule has 6 N–H and O–H groups in total. The molecule has 0 radical (unpaired) electrons. The van der Waals surface area contributed by atoms with Crippen LogP contribution < -0.4 is 0 Å². The van der Waals surface area contributed by atoms with E-state index in [0.29, 0.717) is 5.56 Å². The molecule has 1 saturated heterocycles. The number of Topliss-reactive ketones (excluding diaryl/α,β-unsaturated/α-hetero) is 1. The molecule has 33 heavy (non-hydrogen) atoms. The minimum Gasteiger partial charge on any atom is -0.507 e. The third-order valence-corrected chi connectivity index (χ3v) is 5.26. The molecular weight excluding hydrogens is 436 g/mol. The predicted molar refractivity (Wildman–Crippen MR) is 114 cm³/mol. The van der Waals surface area contributed by atoms with E-state index < -0.39 is 77.3 Å². The summed E-state index contributed by atoms with van der Waals surface area (Å²) in [5.41, 5.74) is -0.305. The lowest BCUT2D eigenvalue weighted by atomic mass is 9.88. The van der Waals surface area contributed by atoms with E-state index in [1.54, 1.807) is 30.3 Å². The molecule has 0 aliphatic carbocycles. The van der Waals surface area contributed by atoms with Crippen LogP contribution in [0.1, 0.15) is 34.5 Å². The van der Waals surface area contributed by atoms with Gasteiger partial charge in [-0.1, -0.05) is 30.3 Å². The number of hydrogen-bond acceptors (Lipinski definition) is 10. The number of aliphatic hydroxyl groups is 3. The van der Waals surface area contributed by atoms with E-state index in [0.717, 1.165) is 19.1 Å². The van der Waals surface area contributed by atoms with Crippen molar-refractivity contribution in [2.75, 3.05) is 6.61 Å². The van der Waals surface area contributed by atoms with Crippen LogP contribution in [-0.4, -0.2) is 73.4 Å². The number of rotatable bonds is 6. The monoisotopic (exact) mass is 460 g/mol. The average Bonchev–Trinajstić information content (AvgIpc) is 2.77. The van der Waals surface area contributed by atoms with Crippen molar-refractivity contribution in [1.82, 2.24) is 0 Å². The third-order valence-electron chi connectivity index (χ3n) is 5.26. The first-order chi connectivity index (χ1) is 15.6. The van der Waals surface area contributed by atoms with Crippen molar-refractivity contribution in [3.63, 3.8) is 0 Å². The number of aromatic hydroxyl groups is 3. The second kappa shape index (κ2) is 10.0. The number of carbonyl (C=O) groups excluding carboxylic acids is 2. The topological polar surface area (TPSA) is 174 Å². The first kappa shape index (κ1) is 24.2. The van der Waals surface area contributed by atoms with Crippen molar-refractivity contribution in [3.05, 3.63) is 59.2 Å². The largest absolute Gasteiger partial charge is 0.507 e. The molecule has 2 aromatic carbocycles. The number of phenols is 3. The number of hydrogen-bond donors (Lipinski definition) is 6. The van der Waals surface area contributed by atoms with Crippen LogP contribution in [0.3, 0.4) is 0 Å². The lowest BCUT2D eigenvalue weighted by Gasteiger charge is -2.42. The number of benzene rings is 2. The highest BCUT2D eigenvalue weighted by atomic mass is 16.6. The molecule has 0 amide bonds. The summed E-state index contributed by atoms with van der Waals surface area (Å²) in [7, 11) is 0. The Kier molecular flexibility index (Phi) is 7.34. The van der Waals surface area contributed by atoms with Crippen LogP contribution in [0.15, 0.2) is 42.5 Å². The zero-order valence-electron chi connectivity index (χ0n) is 17.5. The summed E-state index contributed by atoms with van der Waals surface area (Å²) in [4.78, 5) is 24.3. The predicted octanol–water partition coefficient (Wildman–Crippen LogP) is 0.785. The number of ether oxygens (including phenoxy) is 2. The molecule has 1 aliphatic rings. The summed E-state index contributed by atoms with van der Waals surface area (Å²) in [5, 5.41) is 61.3. The van der Waals surface area contributed by atoms with Gasteiger partial charge in [-0.3, -0.25) is 4.79 Å². The van der Waals surface area contributed by atoms with E-state index in [2.05, 4.69) is 0 Å². The number of carbonyl (C=O) groups is 2. The Balaban J connectivity index is 2.00. The molecule has 1 fully saturated rings. The van der Waals surface area contributed by atoms with Gasteiger partial charge in [0.25, 0.3) is 0 Å². The lowest BCUT2D eigenvalue weighted by molar-refractivity contribution is -0.240. The maximum absolute atomic E-state index is 12.4. The van der Waals surface area contributed by atoms with Crippen LogP contribution in [0.5, 0.6) is 17.2 Å². The van der Waals surface area contributed by atoms with Gasteiger partial charge in [-0.05, 0) is 18.6 Å². The quantitative estimate of drug-likeness (QED) is 0.205. The van der Waals surface area contributed by atoms with E-state index in [1.165, 1.54) is 6.08 Å². The van der Waals surface area contributed by atoms with Gasteiger partial charge in [0.1, 0.15) is 47.2 Å². The smallest absolute Gasteiger partial charge is 0.331 e. The van der Waals surface area contributed by atoms with Crippen molar-refractivity contribution >= 4 is 17.8 Å². The summed E-state index contributed by atoms with van der Waals surface area (Å²) >= 11 is 0. The fourth-order valence-corrected chi connectivity index (χ4v) is 3.64. The van der Waals surface area contributed by atoms with E-state index in [9.17, 15) is 40.2 Å². The van der Waals surface area contributed by atoms with Crippen molar-refractivity contribution in [2.45, 2.75) is 37.4 Å². The Morgan fingerprint density at radius 3 is 2.33 bits per heavy atom. The highest BCUT2D eigenvalue weighted by Gasteiger charge is 2.49. The number of esters is 1. The molecule has 0 unspecified atom stereocenters. The third kappa shape index (κ3) is 4.99. The summed E-state index contributed by atoms with van der Waals surface area (Å²) in [6, 6.07) is 9.56. The van der Waals surface area contributed by atoms with Crippen molar-refractivity contribution in [1.29, 1.82) is 0 Å². The maximum Gasteiger partial charge on any atom is 0.331 e. The average molecular weight is 460 g/mol. The molecule has 5 atom stereocenters. The highest BCUT2D eigenvalue weighted by Crippen LogP contribution is 2.46. The summed E-state index contributed by atoms with van der Waals surface area (Å²) in [5.74, 6) is -3.95. The fourth-order valence-electron chi connectivity index (χ4n) is 3.64. The maximum atomic E-state index is 12.4. The van der Waals surface area contributed by atoms with Gasteiger partial charge in [0.15, 0.2) is 11.9 Å². The lowest BCUT2D eigenvalue weighted by Crippen LogP contribution is -2.56. The molecule has 1 heterocycles. The van der Waals surface area contributed by atoms with Crippen molar-refractivity contribution in [3.8, 4) is 17.2 Å². The molecule has 3 rings (SSSR count). The number of aliphatic hydroxyl groups excluding tert-OH is 3. The first-order valence-corrected chi connectivity index (χ1v) is 10.0. The van der Waals surface area contributed by atoms with Gasteiger partial charge in [0.05, 0.1) is 12.2 Å². The second-order valence-corrected chi connectivity index (χ2v) is 7.51. The standard InChI is InChI=1S/C23H24O10/c1-11(25)17-13(26)9-14(27)18(20(17)30)22-23(21(31)19(29)15(10-24)32-22)33-16(28)8-7-12-5-3-2-4-6-12/h2-9,15,19,21-24,26-27,29-31H,10H2,1H3/b8-7+/t15-,19+,21-,22+,23+/m0/s1. The second-order valence-electron chi connectivity index (χ2n) is 7.51. The van der Waals surface area contributed by atoms with E-state index in [-0.39, 0.29) is 0 Å². The van der Waals surface area contributed by atoms with Crippen LogP contribution in [0.4, 0.5) is 0 Å². The van der Waals surface area contributed by atoms with Crippen LogP contribution in [0, 0.1) is 0 Å².